The molecule has 2 fully saturated rings. The first-order valence-corrected chi connectivity index (χ1v) is 12.2. The van der Waals surface area contributed by atoms with Crippen LogP contribution in [0.1, 0.15) is 39.4 Å². The number of hydrogen-bond donors (Lipinski definition) is 3. The van der Waals surface area contributed by atoms with Crippen molar-refractivity contribution in [3.05, 3.63) is 47.3 Å². The molecule has 1 atom stereocenters. The molecule has 2 saturated heterocycles. The molecule has 2 amide bonds. The smallest absolute Gasteiger partial charge is 0.273 e. The van der Waals surface area contributed by atoms with Crippen molar-refractivity contribution in [2.75, 3.05) is 54.9 Å². The summed E-state index contributed by atoms with van der Waals surface area (Å²) < 4.78 is 10.5. The Balaban J connectivity index is 1.30. The topological polar surface area (TPSA) is 165 Å². The van der Waals surface area contributed by atoms with Crippen LogP contribution >= 0.6 is 0 Å². The van der Waals surface area contributed by atoms with Crippen molar-refractivity contribution in [3.63, 3.8) is 0 Å². The maximum absolute atomic E-state index is 12.7. The highest BCUT2D eigenvalue weighted by atomic mass is 16.5. The minimum Gasteiger partial charge on any atom is -0.378 e. The SMILES string of the molecule is Cc1cc(N[C@@H]2CCCN(c3nnc(C(N)=O)c(Nc4ccc(C(=O)N5CCOCC5)cc4)n3)C2)no1. The molecule has 0 saturated carbocycles. The number of ether oxygens (including phenoxy) is 1. The Labute approximate surface area is 213 Å². The molecule has 5 rings (SSSR count). The molecule has 3 aromatic rings. The van der Waals surface area contributed by atoms with Crippen molar-refractivity contribution < 1.29 is 18.8 Å². The summed E-state index contributed by atoms with van der Waals surface area (Å²) in [5.41, 5.74) is 6.66. The van der Waals surface area contributed by atoms with Gasteiger partial charge in [-0.25, -0.2) is 0 Å². The molecule has 0 unspecified atom stereocenters. The van der Waals surface area contributed by atoms with Gasteiger partial charge in [0.1, 0.15) is 5.76 Å². The van der Waals surface area contributed by atoms with Gasteiger partial charge in [0.2, 0.25) is 5.95 Å². The number of nitrogens with zero attached hydrogens (tertiary/aromatic N) is 6. The third kappa shape index (κ3) is 5.77. The van der Waals surface area contributed by atoms with E-state index in [-0.39, 0.29) is 23.5 Å². The Morgan fingerprint density at radius 2 is 1.89 bits per heavy atom. The zero-order chi connectivity index (χ0) is 25.8. The number of primary amides is 1. The molecule has 37 heavy (non-hydrogen) atoms. The number of rotatable bonds is 7. The van der Waals surface area contributed by atoms with Gasteiger partial charge in [0.15, 0.2) is 17.3 Å². The lowest BCUT2D eigenvalue weighted by Gasteiger charge is -2.33. The second-order valence-corrected chi connectivity index (χ2v) is 9.03. The molecule has 2 aliphatic heterocycles. The van der Waals surface area contributed by atoms with Crippen LogP contribution in [0.2, 0.25) is 0 Å². The number of aromatic nitrogens is 4. The normalized spacial score (nSPS) is 17.9. The summed E-state index contributed by atoms with van der Waals surface area (Å²) in [6.45, 7) is 5.43. The van der Waals surface area contributed by atoms with Gasteiger partial charge in [-0.05, 0) is 44.0 Å². The number of anilines is 4. The van der Waals surface area contributed by atoms with Gasteiger partial charge < -0.3 is 35.4 Å². The molecule has 4 heterocycles. The van der Waals surface area contributed by atoms with Crippen LogP contribution in [0.4, 0.5) is 23.3 Å². The highest BCUT2D eigenvalue weighted by Gasteiger charge is 2.25. The minimum absolute atomic E-state index is 0.0484. The Kier molecular flexibility index (Phi) is 7.12. The van der Waals surface area contributed by atoms with Gasteiger partial charge in [-0.15, -0.1) is 10.2 Å². The lowest BCUT2D eigenvalue weighted by Crippen LogP contribution is -2.43. The number of carbonyl (C=O) groups excluding carboxylic acids is 2. The fourth-order valence-electron chi connectivity index (χ4n) is 4.41. The fourth-order valence-corrected chi connectivity index (χ4v) is 4.41. The van der Waals surface area contributed by atoms with E-state index in [1.165, 1.54) is 0 Å². The molecule has 0 bridgehead atoms. The molecule has 0 radical (unpaired) electrons. The molecule has 13 nitrogen and oxygen atoms in total. The Morgan fingerprint density at radius 1 is 1.11 bits per heavy atom. The van der Waals surface area contributed by atoms with Crippen LogP contribution < -0.4 is 21.3 Å². The highest BCUT2D eigenvalue weighted by Crippen LogP contribution is 2.23. The van der Waals surface area contributed by atoms with Gasteiger partial charge in [0.25, 0.3) is 11.8 Å². The van der Waals surface area contributed by atoms with Crippen molar-refractivity contribution in [1.29, 1.82) is 0 Å². The molecule has 194 valence electrons. The summed E-state index contributed by atoms with van der Waals surface area (Å²) in [5, 5.41) is 18.7. The Bertz CT molecular complexity index is 1260. The average molecular weight is 508 g/mol. The zero-order valence-corrected chi connectivity index (χ0v) is 20.5. The Morgan fingerprint density at radius 3 is 2.59 bits per heavy atom. The van der Waals surface area contributed by atoms with E-state index >= 15 is 0 Å². The van der Waals surface area contributed by atoms with Crippen molar-refractivity contribution in [3.8, 4) is 0 Å². The zero-order valence-electron chi connectivity index (χ0n) is 20.5. The summed E-state index contributed by atoms with van der Waals surface area (Å²) in [4.78, 5) is 33.1. The molecule has 1 aromatic carbocycles. The Hall–Kier alpha value is -4.26. The van der Waals surface area contributed by atoms with Crippen molar-refractivity contribution in [1.82, 2.24) is 25.2 Å². The van der Waals surface area contributed by atoms with E-state index in [9.17, 15) is 9.59 Å². The number of aryl methyl sites for hydroxylation is 1. The molecule has 0 aliphatic carbocycles. The largest absolute Gasteiger partial charge is 0.378 e. The average Bonchev–Trinajstić information content (AvgIpc) is 3.33. The first-order chi connectivity index (χ1) is 18.0. The number of carbonyl (C=O) groups is 2. The highest BCUT2D eigenvalue weighted by molar-refractivity contribution is 5.97. The number of piperidine rings is 1. The predicted octanol–water partition coefficient (Wildman–Crippen LogP) is 1.56. The fraction of sp³-hybridized carbons (Fsp3) is 0.417. The number of amides is 2. The van der Waals surface area contributed by atoms with E-state index < -0.39 is 5.91 Å². The number of benzene rings is 1. The molecule has 4 N–H and O–H groups in total. The number of nitrogens with two attached hydrogens (primary N) is 1. The second kappa shape index (κ2) is 10.8. The number of hydrogen-bond acceptors (Lipinski definition) is 11. The van der Waals surface area contributed by atoms with Gasteiger partial charge in [-0.1, -0.05) is 5.16 Å². The summed E-state index contributed by atoms with van der Waals surface area (Å²) in [6.07, 6.45) is 1.87. The van der Waals surface area contributed by atoms with Crippen LogP contribution in [-0.4, -0.2) is 82.5 Å². The molecule has 0 spiro atoms. The molecular weight excluding hydrogens is 478 g/mol. The third-order valence-corrected chi connectivity index (χ3v) is 6.29. The van der Waals surface area contributed by atoms with Gasteiger partial charge in [-0.2, -0.15) is 4.98 Å². The first kappa shape index (κ1) is 24.4. The second-order valence-electron chi connectivity index (χ2n) is 9.03. The molecule has 2 aromatic heterocycles. The summed E-state index contributed by atoms with van der Waals surface area (Å²) in [7, 11) is 0. The summed E-state index contributed by atoms with van der Waals surface area (Å²) in [5.74, 6) is 1.21. The predicted molar refractivity (Wildman–Crippen MR) is 135 cm³/mol. The number of nitrogens with one attached hydrogen (secondary N) is 2. The van der Waals surface area contributed by atoms with Crippen LogP contribution in [0.5, 0.6) is 0 Å². The lowest BCUT2D eigenvalue weighted by atomic mass is 10.1. The van der Waals surface area contributed by atoms with Crippen molar-refractivity contribution in [2.24, 2.45) is 5.73 Å². The van der Waals surface area contributed by atoms with E-state index in [0.29, 0.717) is 55.9 Å². The van der Waals surface area contributed by atoms with Gasteiger partial charge >= 0.3 is 0 Å². The molecule has 13 heteroatoms. The van der Waals surface area contributed by atoms with Crippen LogP contribution in [-0.2, 0) is 4.74 Å². The summed E-state index contributed by atoms with van der Waals surface area (Å²) in [6, 6.07) is 8.92. The first-order valence-electron chi connectivity index (χ1n) is 12.2. The quantitative estimate of drug-likeness (QED) is 0.425. The van der Waals surface area contributed by atoms with Gasteiger partial charge in [0.05, 0.1) is 13.2 Å². The van der Waals surface area contributed by atoms with Crippen LogP contribution in [0, 0.1) is 6.92 Å². The van der Waals surface area contributed by atoms with Crippen LogP contribution in [0.15, 0.2) is 34.9 Å². The third-order valence-electron chi connectivity index (χ3n) is 6.29. The number of morpholine rings is 1. The van der Waals surface area contributed by atoms with Gasteiger partial charge in [-0.3, -0.25) is 9.59 Å². The van der Waals surface area contributed by atoms with Crippen molar-refractivity contribution in [2.45, 2.75) is 25.8 Å². The lowest BCUT2D eigenvalue weighted by molar-refractivity contribution is 0.0303. The van der Waals surface area contributed by atoms with E-state index in [4.69, 9.17) is 15.0 Å². The molecular formula is C24H29N9O4. The summed E-state index contributed by atoms with van der Waals surface area (Å²) >= 11 is 0. The molecule has 2 aliphatic rings. The van der Waals surface area contributed by atoms with E-state index in [1.54, 1.807) is 29.2 Å². The van der Waals surface area contributed by atoms with Crippen LogP contribution in [0.3, 0.4) is 0 Å². The van der Waals surface area contributed by atoms with E-state index in [1.807, 2.05) is 17.9 Å². The minimum atomic E-state index is -0.743. The monoisotopic (exact) mass is 507 g/mol. The van der Waals surface area contributed by atoms with E-state index in [0.717, 1.165) is 25.1 Å². The van der Waals surface area contributed by atoms with Crippen molar-refractivity contribution >= 4 is 35.1 Å². The maximum Gasteiger partial charge on any atom is 0.273 e. The van der Waals surface area contributed by atoms with E-state index in [2.05, 4.69) is 31.0 Å². The van der Waals surface area contributed by atoms with Gasteiger partial charge in [0, 0.05) is 49.5 Å². The maximum atomic E-state index is 12.7. The standard InChI is InChI=1S/C24H29N9O4/c1-15-13-19(31-37-15)26-18-3-2-8-33(14-18)24-28-22(20(21(25)34)29-30-24)27-17-6-4-16(5-7-17)23(35)32-9-11-36-12-10-32/h4-7,13,18H,2-3,8-12,14H2,1H3,(H2,25,34)(H,26,31)(H,27,28,30)/t18-/m1/s1. The van der Waals surface area contributed by atoms with Crippen LogP contribution in [0.25, 0.3) is 0 Å².